The third kappa shape index (κ3) is 5.41. The van der Waals surface area contributed by atoms with Crippen molar-refractivity contribution in [2.45, 2.75) is 65.0 Å². The van der Waals surface area contributed by atoms with Gasteiger partial charge in [0.2, 0.25) is 0 Å². The van der Waals surface area contributed by atoms with E-state index in [1.54, 1.807) is 12.1 Å². The average Bonchev–Trinajstić information content (AvgIpc) is 2.80. The number of benzene rings is 2. The lowest BCUT2D eigenvalue weighted by Crippen LogP contribution is -2.49. The molecule has 4 atom stereocenters. The Kier molecular flexibility index (Phi) is 7.54. The van der Waals surface area contributed by atoms with E-state index in [-0.39, 0.29) is 34.8 Å². The second-order valence-electron chi connectivity index (χ2n) is 11.1. The van der Waals surface area contributed by atoms with Gasteiger partial charge in [-0.05, 0) is 83.5 Å². The van der Waals surface area contributed by atoms with Gasteiger partial charge in [0.15, 0.2) is 0 Å². The number of hydrogen-bond acceptors (Lipinski definition) is 3. The van der Waals surface area contributed by atoms with Crippen molar-refractivity contribution in [1.29, 1.82) is 0 Å². The molecule has 184 valence electrons. The van der Waals surface area contributed by atoms with E-state index < -0.39 is 0 Å². The van der Waals surface area contributed by atoms with Crippen molar-refractivity contribution in [2.24, 2.45) is 17.8 Å². The largest absolute Gasteiger partial charge is 0.303 e. The lowest BCUT2D eigenvalue weighted by molar-refractivity contribution is -0.122. The third-order valence-corrected chi connectivity index (χ3v) is 8.47. The maximum atomic E-state index is 13.9. The zero-order valence-corrected chi connectivity index (χ0v) is 20.9. The van der Waals surface area contributed by atoms with Crippen LogP contribution in [0.4, 0.5) is 8.78 Å². The number of nitrogens with zero attached hydrogens (tertiary/aromatic N) is 1. The molecule has 0 unspecified atom stereocenters. The van der Waals surface area contributed by atoms with Crippen molar-refractivity contribution in [3.8, 4) is 0 Å². The molecule has 0 amide bonds. The van der Waals surface area contributed by atoms with Gasteiger partial charge in [-0.15, -0.1) is 0 Å². The van der Waals surface area contributed by atoms with E-state index >= 15 is 0 Å². The van der Waals surface area contributed by atoms with E-state index in [0.29, 0.717) is 31.2 Å². The van der Waals surface area contributed by atoms with Gasteiger partial charge in [0.1, 0.15) is 17.4 Å². The molecule has 1 fully saturated rings. The summed E-state index contributed by atoms with van der Waals surface area (Å²) in [6, 6.07) is 11.7. The first kappa shape index (κ1) is 25.0. The summed E-state index contributed by atoms with van der Waals surface area (Å²) in [6.45, 7) is 12.3. The Hall–Kier alpha value is -2.11. The number of Topliss-reactive ketones (excluding diaryl/α,β-unsaturated/α-hetero) is 1. The van der Waals surface area contributed by atoms with Gasteiger partial charge in [0.25, 0.3) is 0 Å². The quantitative estimate of drug-likeness (QED) is 0.582. The molecule has 1 saturated heterocycles. The fourth-order valence-corrected chi connectivity index (χ4v) is 5.71. The smallest absolute Gasteiger partial charge is 0.150 e. The molecule has 0 spiro atoms. The second kappa shape index (κ2) is 10.2. The average molecular weight is 469 g/mol. The molecule has 2 aromatic rings. The van der Waals surface area contributed by atoms with Crippen LogP contribution in [0.15, 0.2) is 42.5 Å². The fraction of sp³-hybridized carbons (Fsp3) is 0.552. The number of likely N-dealkylation sites (tertiary alicyclic amines) is 1. The summed E-state index contributed by atoms with van der Waals surface area (Å²) in [4.78, 5) is 15.7. The Labute approximate surface area is 202 Å². The van der Waals surface area contributed by atoms with Crippen LogP contribution in [0.2, 0.25) is 0 Å². The van der Waals surface area contributed by atoms with Crippen LogP contribution in [-0.4, -0.2) is 36.4 Å². The molecule has 0 saturated carbocycles. The van der Waals surface area contributed by atoms with Crippen molar-refractivity contribution in [3.05, 3.63) is 70.8 Å². The highest BCUT2D eigenvalue weighted by molar-refractivity contribution is 5.85. The van der Waals surface area contributed by atoms with Gasteiger partial charge in [-0.25, -0.2) is 8.78 Å². The van der Waals surface area contributed by atoms with Crippen LogP contribution in [0, 0.1) is 29.4 Å². The molecule has 0 bridgehead atoms. The van der Waals surface area contributed by atoms with Gasteiger partial charge in [-0.1, -0.05) is 45.9 Å². The van der Waals surface area contributed by atoms with Crippen LogP contribution in [0.3, 0.4) is 0 Å². The summed E-state index contributed by atoms with van der Waals surface area (Å²) in [5, 5.41) is 3.33. The Balaban J connectivity index is 1.36. The van der Waals surface area contributed by atoms with Crippen LogP contribution in [0.1, 0.15) is 57.2 Å². The van der Waals surface area contributed by atoms with E-state index in [1.807, 2.05) is 12.1 Å². The molecule has 2 aliphatic rings. The van der Waals surface area contributed by atoms with E-state index in [0.717, 1.165) is 42.7 Å². The summed E-state index contributed by atoms with van der Waals surface area (Å²) in [5.74, 6) is 0.937. The second-order valence-corrected chi connectivity index (χ2v) is 11.1. The fourth-order valence-electron chi connectivity index (χ4n) is 5.71. The summed E-state index contributed by atoms with van der Waals surface area (Å²) >= 11 is 0. The molecule has 5 heteroatoms. The monoisotopic (exact) mass is 468 g/mol. The minimum absolute atomic E-state index is 0.0410. The van der Waals surface area contributed by atoms with E-state index in [9.17, 15) is 13.6 Å². The van der Waals surface area contributed by atoms with Gasteiger partial charge in [0, 0.05) is 26.1 Å². The third-order valence-electron chi connectivity index (χ3n) is 8.47. The molecule has 0 aromatic heterocycles. The van der Waals surface area contributed by atoms with Crippen LogP contribution in [0.25, 0.3) is 0 Å². The zero-order chi connectivity index (χ0) is 24.5. The number of nitrogens with one attached hydrogen (secondary N) is 1. The normalized spacial score (nSPS) is 26.3. The number of rotatable bonds is 7. The number of carbonyl (C=O) groups is 1. The summed E-state index contributed by atoms with van der Waals surface area (Å²) < 4.78 is 27.4. The first-order valence-corrected chi connectivity index (χ1v) is 12.7. The van der Waals surface area contributed by atoms with E-state index in [4.69, 9.17) is 0 Å². The molecule has 3 nitrogen and oxygen atoms in total. The molecule has 1 N–H and O–H groups in total. The number of carbonyl (C=O) groups excluding carboxylic acids is 1. The highest BCUT2D eigenvalue weighted by Gasteiger charge is 2.39. The standard InChI is InChI=1S/C29H38F2N2O/c1-19(2)23(14-28(34)27-13-21-8-9-26(31)12-22(21)16-32-27)18-33-11-10-29(4,20(3)17-33)24-6-5-7-25(30)15-24/h5-9,12,15,19-20,23,27,32H,10-11,13-14,16-18H2,1-4H3/t20-,23+,27+,29+/m0/s1. The number of halogens is 2. The highest BCUT2D eigenvalue weighted by Crippen LogP contribution is 2.40. The predicted octanol–water partition coefficient (Wildman–Crippen LogP) is 5.51. The first-order valence-electron chi connectivity index (χ1n) is 12.7. The van der Waals surface area contributed by atoms with Crippen LogP contribution in [0.5, 0.6) is 0 Å². The van der Waals surface area contributed by atoms with Crippen molar-refractivity contribution < 1.29 is 13.6 Å². The molecule has 0 aliphatic carbocycles. The molecule has 2 heterocycles. The van der Waals surface area contributed by atoms with Gasteiger partial charge < -0.3 is 10.2 Å². The minimum Gasteiger partial charge on any atom is -0.303 e. The van der Waals surface area contributed by atoms with Gasteiger partial charge in [-0.3, -0.25) is 4.79 Å². The van der Waals surface area contributed by atoms with Crippen LogP contribution in [-0.2, 0) is 23.2 Å². The van der Waals surface area contributed by atoms with Crippen molar-refractivity contribution in [3.63, 3.8) is 0 Å². The number of hydrogen-bond donors (Lipinski definition) is 1. The highest BCUT2D eigenvalue weighted by atomic mass is 19.1. The molecule has 0 radical (unpaired) electrons. The summed E-state index contributed by atoms with van der Waals surface area (Å²) in [7, 11) is 0. The molecular weight excluding hydrogens is 430 g/mol. The summed E-state index contributed by atoms with van der Waals surface area (Å²) in [5.41, 5.74) is 3.06. The number of ketones is 1. The Morgan fingerprint density at radius 3 is 2.62 bits per heavy atom. The molecule has 34 heavy (non-hydrogen) atoms. The topological polar surface area (TPSA) is 32.3 Å². The van der Waals surface area contributed by atoms with Crippen molar-refractivity contribution in [1.82, 2.24) is 10.2 Å². The van der Waals surface area contributed by atoms with E-state index in [2.05, 4.69) is 44.0 Å². The minimum atomic E-state index is -0.227. The van der Waals surface area contributed by atoms with E-state index in [1.165, 1.54) is 12.1 Å². The molecular formula is C29H38F2N2O. The first-order chi connectivity index (χ1) is 16.2. The Bertz CT molecular complexity index is 1020. The van der Waals surface area contributed by atoms with Crippen LogP contribution < -0.4 is 5.32 Å². The maximum absolute atomic E-state index is 13.9. The molecule has 2 aromatic carbocycles. The van der Waals surface area contributed by atoms with Crippen LogP contribution >= 0.6 is 0 Å². The maximum Gasteiger partial charge on any atom is 0.150 e. The number of fused-ring (bicyclic) bond motifs is 1. The van der Waals surface area contributed by atoms with Gasteiger partial charge in [0.05, 0.1) is 6.04 Å². The van der Waals surface area contributed by atoms with Gasteiger partial charge in [-0.2, -0.15) is 0 Å². The lowest BCUT2D eigenvalue weighted by atomic mass is 9.68. The SMILES string of the molecule is CC(C)[C@H](CC(=O)[C@H]1Cc2ccc(F)cc2CN1)CN1CC[C@@](C)(c2cccc(F)c2)[C@@H](C)C1. The van der Waals surface area contributed by atoms with Crippen molar-refractivity contribution >= 4 is 5.78 Å². The lowest BCUT2D eigenvalue weighted by Gasteiger charge is -2.46. The predicted molar refractivity (Wildman–Crippen MR) is 133 cm³/mol. The Morgan fingerprint density at radius 1 is 1.15 bits per heavy atom. The summed E-state index contributed by atoms with van der Waals surface area (Å²) in [6.07, 6.45) is 2.16. The number of piperidine rings is 1. The van der Waals surface area contributed by atoms with Gasteiger partial charge >= 0.3 is 0 Å². The molecule has 2 aliphatic heterocycles. The Morgan fingerprint density at radius 2 is 1.91 bits per heavy atom. The van der Waals surface area contributed by atoms with Crippen molar-refractivity contribution in [2.75, 3.05) is 19.6 Å². The molecule has 4 rings (SSSR count). The zero-order valence-electron chi connectivity index (χ0n) is 20.9.